The Balaban J connectivity index is 1.50. The molecule has 1 aliphatic rings. The largest absolute Gasteiger partial charge is 0.361 e. The zero-order valence-corrected chi connectivity index (χ0v) is 13.4. The van der Waals surface area contributed by atoms with Crippen molar-refractivity contribution in [2.75, 3.05) is 20.1 Å². The van der Waals surface area contributed by atoms with Crippen LogP contribution in [0.25, 0.3) is 0 Å². The summed E-state index contributed by atoms with van der Waals surface area (Å²) < 4.78 is 10.3. The van der Waals surface area contributed by atoms with Crippen LogP contribution in [0.5, 0.6) is 0 Å². The lowest BCUT2D eigenvalue weighted by atomic mass is 10.2. The van der Waals surface area contributed by atoms with Crippen LogP contribution in [0, 0.1) is 6.92 Å². The van der Waals surface area contributed by atoms with Crippen molar-refractivity contribution in [3.05, 3.63) is 29.2 Å². The molecule has 0 spiro atoms. The molecular weight excluding hydrogens is 282 g/mol. The maximum Gasteiger partial charge on any atom is 0.226 e. The number of likely N-dealkylation sites (N-methyl/N-ethyl adjacent to an activating group) is 1. The van der Waals surface area contributed by atoms with Gasteiger partial charge in [0.05, 0.1) is 12.2 Å². The average molecular weight is 305 g/mol. The second-order valence-corrected chi connectivity index (χ2v) is 5.98. The molecule has 7 nitrogen and oxygen atoms in total. The fraction of sp³-hybridized carbons (Fsp3) is 0.667. The standard InChI is InChI=1S/C15H23N5O2/c1-4-15-16-14(18-22-15)10-19(3)13-5-6-20(9-13)8-12-7-11(2)21-17-12/h7,13H,4-6,8-10H2,1-3H3/t13-/m0/s1. The summed E-state index contributed by atoms with van der Waals surface area (Å²) >= 11 is 0. The predicted molar refractivity (Wildman–Crippen MR) is 80.1 cm³/mol. The second-order valence-electron chi connectivity index (χ2n) is 5.98. The van der Waals surface area contributed by atoms with Crippen LogP contribution in [-0.4, -0.2) is 51.3 Å². The number of nitrogens with zero attached hydrogens (tertiary/aromatic N) is 5. The highest BCUT2D eigenvalue weighted by molar-refractivity contribution is 5.04. The van der Waals surface area contributed by atoms with Crippen molar-refractivity contribution in [1.82, 2.24) is 25.1 Å². The molecule has 0 saturated carbocycles. The Kier molecular flexibility index (Phi) is 4.54. The van der Waals surface area contributed by atoms with Gasteiger partial charge in [-0.1, -0.05) is 17.2 Å². The minimum absolute atomic E-state index is 0.511. The van der Waals surface area contributed by atoms with E-state index < -0.39 is 0 Å². The molecule has 3 rings (SSSR count). The van der Waals surface area contributed by atoms with Crippen LogP contribution in [0.3, 0.4) is 0 Å². The quantitative estimate of drug-likeness (QED) is 0.803. The molecule has 0 bridgehead atoms. The third-order valence-electron chi connectivity index (χ3n) is 4.14. The van der Waals surface area contributed by atoms with Crippen molar-refractivity contribution in [2.45, 2.75) is 45.8 Å². The van der Waals surface area contributed by atoms with Crippen molar-refractivity contribution in [3.8, 4) is 0 Å². The van der Waals surface area contributed by atoms with Crippen LogP contribution < -0.4 is 0 Å². The molecule has 2 aromatic rings. The van der Waals surface area contributed by atoms with Crippen LogP contribution in [0.2, 0.25) is 0 Å². The van der Waals surface area contributed by atoms with E-state index in [1.54, 1.807) is 0 Å². The van der Waals surface area contributed by atoms with Crippen molar-refractivity contribution in [3.63, 3.8) is 0 Å². The zero-order chi connectivity index (χ0) is 15.5. The van der Waals surface area contributed by atoms with E-state index in [1.165, 1.54) is 0 Å². The van der Waals surface area contributed by atoms with E-state index in [9.17, 15) is 0 Å². The monoisotopic (exact) mass is 305 g/mol. The fourth-order valence-electron chi connectivity index (χ4n) is 2.89. The van der Waals surface area contributed by atoms with Crippen LogP contribution in [0.4, 0.5) is 0 Å². The Bertz CT molecular complexity index is 609. The summed E-state index contributed by atoms with van der Waals surface area (Å²) in [7, 11) is 2.12. The molecule has 1 fully saturated rings. The molecule has 22 heavy (non-hydrogen) atoms. The Morgan fingerprint density at radius 2 is 2.23 bits per heavy atom. The molecule has 0 aromatic carbocycles. The lowest BCUT2D eigenvalue weighted by Gasteiger charge is -2.23. The number of rotatable bonds is 6. The molecule has 3 heterocycles. The summed E-state index contributed by atoms with van der Waals surface area (Å²) in [6.45, 7) is 7.62. The molecular formula is C15H23N5O2. The maximum absolute atomic E-state index is 5.16. The van der Waals surface area contributed by atoms with Crippen molar-refractivity contribution < 1.29 is 9.05 Å². The highest BCUT2D eigenvalue weighted by atomic mass is 16.5. The predicted octanol–water partition coefficient (Wildman–Crippen LogP) is 1.63. The summed E-state index contributed by atoms with van der Waals surface area (Å²) in [5, 5.41) is 8.09. The normalized spacial score (nSPS) is 19.4. The summed E-state index contributed by atoms with van der Waals surface area (Å²) in [4.78, 5) is 9.09. The van der Waals surface area contributed by atoms with Crippen LogP contribution in [-0.2, 0) is 19.5 Å². The summed E-state index contributed by atoms with van der Waals surface area (Å²) in [5.41, 5.74) is 1.01. The van der Waals surface area contributed by atoms with E-state index in [1.807, 2.05) is 19.9 Å². The minimum Gasteiger partial charge on any atom is -0.361 e. The smallest absolute Gasteiger partial charge is 0.226 e. The van der Waals surface area contributed by atoms with Crippen molar-refractivity contribution >= 4 is 0 Å². The van der Waals surface area contributed by atoms with Gasteiger partial charge < -0.3 is 9.05 Å². The number of likely N-dealkylation sites (tertiary alicyclic amines) is 1. The van der Waals surface area contributed by atoms with Gasteiger partial charge in [0.25, 0.3) is 0 Å². The van der Waals surface area contributed by atoms with Crippen LogP contribution in [0.1, 0.15) is 36.5 Å². The first-order valence-corrected chi connectivity index (χ1v) is 7.80. The highest BCUT2D eigenvalue weighted by Crippen LogP contribution is 2.18. The molecule has 120 valence electrons. The van der Waals surface area contributed by atoms with Crippen LogP contribution >= 0.6 is 0 Å². The van der Waals surface area contributed by atoms with Gasteiger partial charge in [-0.2, -0.15) is 4.98 Å². The third kappa shape index (κ3) is 3.53. The number of hydrogen-bond acceptors (Lipinski definition) is 7. The minimum atomic E-state index is 0.511. The number of aromatic nitrogens is 3. The van der Waals surface area contributed by atoms with E-state index in [4.69, 9.17) is 9.05 Å². The average Bonchev–Trinajstić information content (AvgIpc) is 3.21. The Morgan fingerprint density at radius 1 is 1.36 bits per heavy atom. The van der Waals surface area contributed by atoms with Gasteiger partial charge in [0.1, 0.15) is 5.76 Å². The van der Waals surface area contributed by atoms with Gasteiger partial charge in [-0.05, 0) is 20.4 Å². The van der Waals surface area contributed by atoms with E-state index in [2.05, 4.69) is 32.1 Å². The van der Waals surface area contributed by atoms with Gasteiger partial charge in [0, 0.05) is 38.2 Å². The first-order chi connectivity index (χ1) is 10.6. The molecule has 0 N–H and O–H groups in total. The summed E-state index contributed by atoms with van der Waals surface area (Å²) in [6.07, 6.45) is 1.93. The molecule has 1 atom stereocenters. The molecule has 7 heteroatoms. The van der Waals surface area contributed by atoms with Gasteiger partial charge in [-0.15, -0.1) is 0 Å². The maximum atomic E-state index is 5.16. The molecule has 0 aliphatic carbocycles. The molecule has 2 aromatic heterocycles. The number of hydrogen-bond donors (Lipinski definition) is 0. The first-order valence-electron chi connectivity index (χ1n) is 7.80. The SMILES string of the molecule is CCc1nc(CN(C)[C@H]2CCN(Cc3cc(C)on3)C2)no1. The van der Waals surface area contributed by atoms with Gasteiger partial charge in [-0.3, -0.25) is 9.80 Å². The highest BCUT2D eigenvalue weighted by Gasteiger charge is 2.27. The zero-order valence-electron chi connectivity index (χ0n) is 13.4. The molecule has 0 radical (unpaired) electrons. The van der Waals surface area contributed by atoms with Gasteiger partial charge in [-0.25, -0.2) is 0 Å². The van der Waals surface area contributed by atoms with Gasteiger partial charge in [0.15, 0.2) is 5.82 Å². The Morgan fingerprint density at radius 3 is 2.91 bits per heavy atom. The fourth-order valence-corrected chi connectivity index (χ4v) is 2.89. The number of aryl methyl sites for hydroxylation is 2. The Hall–Kier alpha value is -1.73. The van der Waals surface area contributed by atoms with Crippen LogP contribution in [0.15, 0.2) is 15.1 Å². The molecule has 0 amide bonds. The molecule has 0 unspecified atom stereocenters. The topological polar surface area (TPSA) is 71.4 Å². The van der Waals surface area contributed by atoms with Gasteiger partial charge >= 0.3 is 0 Å². The van der Waals surface area contributed by atoms with E-state index in [-0.39, 0.29) is 0 Å². The van der Waals surface area contributed by atoms with E-state index in [0.29, 0.717) is 11.9 Å². The van der Waals surface area contributed by atoms with E-state index in [0.717, 1.165) is 56.3 Å². The lowest BCUT2D eigenvalue weighted by molar-refractivity contribution is 0.214. The molecule has 1 saturated heterocycles. The first kappa shape index (κ1) is 15.2. The summed E-state index contributed by atoms with van der Waals surface area (Å²) in [5.74, 6) is 2.34. The molecule has 1 aliphatic heterocycles. The van der Waals surface area contributed by atoms with Crippen molar-refractivity contribution in [1.29, 1.82) is 0 Å². The van der Waals surface area contributed by atoms with E-state index >= 15 is 0 Å². The lowest BCUT2D eigenvalue weighted by Crippen LogP contribution is -2.34. The summed E-state index contributed by atoms with van der Waals surface area (Å²) in [6, 6.07) is 2.51. The third-order valence-corrected chi connectivity index (χ3v) is 4.14. The second kappa shape index (κ2) is 6.58. The van der Waals surface area contributed by atoms with Crippen molar-refractivity contribution in [2.24, 2.45) is 0 Å². The van der Waals surface area contributed by atoms with Gasteiger partial charge in [0.2, 0.25) is 5.89 Å². The Labute approximate surface area is 130 Å².